The maximum Gasteiger partial charge on any atom is 0.274 e. The van der Waals surface area contributed by atoms with Gasteiger partial charge in [0.25, 0.3) is 12.3 Å². The molecule has 0 atom stereocenters. The summed E-state index contributed by atoms with van der Waals surface area (Å²) in [5, 5.41) is 8.49. The van der Waals surface area contributed by atoms with E-state index in [1.54, 1.807) is 0 Å². The van der Waals surface area contributed by atoms with E-state index in [4.69, 9.17) is 5.73 Å². The van der Waals surface area contributed by atoms with Crippen LogP contribution in [0.4, 0.5) is 14.5 Å². The van der Waals surface area contributed by atoms with E-state index in [-0.39, 0.29) is 11.4 Å². The number of nitrogen functional groups attached to an aromatic ring is 1. The van der Waals surface area contributed by atoms with Crippen molar-refractivity contribution in [3.63, 3.8) is 0 Å². The minimum atomic E-state index is -2.58. The average molecular weight is 230 g/mol. The van der Waals surface area contributed by atoms with Crippen molar-refractivity contribution in [2.75, 3.05) is 12.3 Å². The summed E-state index contributed by atoms with van der Waals surface area (Å²) >= 11 is 0. The number of anilines is 1. The molecule has 5 nitrogen and oxygen atoms in total. The topological polar surface area (TPSA) is 83.8 Å². The Balaban J connectivity index is 2.05. The molecule has 88 valence electrons. The molecule has 1 amide bonds. The summed E-state index contributed by atoms with van der Waals surface area (Å²) in [4.78, 5) is 11.4. The maximum absolute atomic E-state index is 11.9. The van der Waals surface area contributed by atoms with Crippen LogP contribution in [-0.4, -0.2) is 29.1 Å². The molecule has 1 aromatic heterocycles. The number of halogens is 2. The lowest BCUT2D eigenvalue weighted by molar-refractivity contribution is 0.0887. The van der Waals surface area contributed by atoms with Gasteiger partial charge in [0.2, 0.25) is 0 Å². The third-order valence-corrected chi connectivity index (χ3v) is 2.45. The van der Waals surface area contributed by atoms with Crippen LogP contribution < -0.4 is 11.1 Å². The molecule has 4 N–H and O–H groups in total. The van der Waals surface area contributed by atoms with E-state index in [2.05, 4.69) is 15.5 Å². The fourth-order valence-electron chi connectivity index (χ4n) is 1.47. The monoisotopic (exact) mass is 230 g/mol. The van der Waals surface area contributed by atoms with Gasteiger partial charge in [0, 0.05) is 5.92 Å². The number of aromatic nitrogens is 2. The normalized spacial score (nSPS) is 15.4. The average Bonchev–Trinajstić information content (AvgIpc) is 2.99. The van der Waals surface area contributed by atoms with Crippen LogP contribution in [0.15, 0.2) is 0 Å². The fraction of sp³-hybridized carbons (Fsp3) is 0.556. The molecule has 0 radical (unpaired) electrons. The zero-order valence-electron chi connectivity index (χ0n) is 8.46. The van der Waals surface area contributed by atoms with Crippen molar-refractivity contribution in [2.24, 2.45) is 0 Å². The van der Waals surface area contributed by atoms with E-state index in [0.29, 0.717) is 5.92 Å². The molecule has 0 spiro atoms. The Labute approximate surface area is 90.4 Å². The Morgan fingerprint density at radius 1 is 1.62 bits per heavy atom. The van der Waals surface area contributed by atoms with Crippen LogP contribution in [0.3, 0.4) is 0 Å². The highest BCUT2D eigenvalue weighted by Gasteiger charge is 2.30. The Morgan fingerprint density at radius 3 is 2.88 bits per heavy atom. The first-order valence-electron chi connectivity index (χ1n) is 4.99. The lowest BCUT2D eigenvalue weighted by atomic mass is 10.2. The van der Waals surface area contributed by atoms with Crippen LogP contribution in [0.5, 0.6) is 0 Å². The van der Waals surface area contributed by atoms with Crippen LogP contribution >= 0.6 is 0 Å². The molecule has 0 aliphatic heterocycles. The minimum absolute atomic E-state index is 0.00236. The number of nitrogens with two attached hydrogens (primary N) is 1. The summed E-state index contributed by atoms with van der Waals surface area (Å²) in [6.07, 6.45) is -0.540. The molecule has 1 aliphatic carbocycles. The van der Waals surface area contributed by atoms with E-state index in [1.165, 1.54) is 0 Å². The van der Waals surface area contributed by atoms with Gasteiger partial charge in [0.15, 0.2) is 5.69 Å². The molecular weight excluding hydrogens is 218 g/mol. The number of aromatic amines is 1. The van der Waals surface area contributed by atoms with E-state index in [0.717, 1.165) is 18.5 Å². The number of carbonyl (C=O) groups is 1. The van der Waals surface area contributed by atoms with Gasteiger partial charge >= 0.3 is 0 Å². The summed E-state index contributed by atoms with van der Waals surface area (Å²) in [6, 6.07) is 0. The summed E-state index contributed by atoms with van der Waals surface area (Å²) in [6.45, 7) is -0.691. The highest BCUT2D eigenvalue weighted by atomic mass is 19.3. The molecule has 16 heavy (non-hydrogen) atoms. The van der Waals surface area contributed by atoms with Gasteiger partial charge in [-0.2, -0.15) is 5.10 Å². The SMILES string of the molecule is Nc1c(C(=O)NCC(F)F)n[nH]c1C1CC1. The second kappa shape index (κ2) is 4.07. The van der Waals surface area contributed by atoms with Crippen molar-refractivity contribution >= 4 is 11.6 Å². The van der Waals surface area contributed by atoms with E-state index >= 15 is 0 Å². The Bertz CT molecular complexity index is 400. The van der Waals surface area contributed by atoms with Gasteiger partial charge in [-0.25, -0.2) is 8.78 Å². The quantitative estimate of drug-likeness (QED) is 0.717. The largest absolute Gasteiger partial charge is 0.395 e. The van der Waals surface area contributed by atoms with E-state index < -0.39 is 18.9 Å². The lowest BCUT2D eigenvalue weighted by Gasteiger charge is -2.02. The molecule has 1 aromatic rings. The number of carbonyl (C=O) groups excluding carboxylic acids is 1. The molecule has 2 rings (SSSR count). The third kappa shape index (κ3) is 2.12. The zero-order chi connectivity index (χ0) is 11.7. The standard InChI is InChI=1S/C9H12F2N4O/c10-5(11)3-13-9(16)8-6(12)7(14-15-8)4-1-2-4/h4-5H,1-3,12H2,(H,13,16)(H,14,15). The van der Waals surface area contributed by atoms with Gasteiger partial charge in [-0.3, -0.25) is 9.89 Å². The number of rotatable bonds is 4. The number of nitrogens with one attached hydrogen (secondary N) is 2. The second-order valence-electron chi connectivity index (χ2n) is 3.77. The Hall–Kier alpha value is -1.66. The van der Waals surface area contributed by atoms with Gasteiger partial charge < -0.3 is 11.1 Å². The van der Waals surface area contributed by atoms with E-state index in [9.17, 15) is 13.6 Å². The van der Waals surface area contributed by atoms with Crippen molar-refractivity contribution in [3.05, 3.63) is 11.4 Å². The van der Waals surface area contributed by atoms with E-state index in [1.807, 2.05) is 0 Å². The molecule has 7 heteroatoms. The number of nitrogens with zero attached hydrogens (tertiary/aromatic N) is 1. The lowest BCUT2D eigenvalue weighted by Crippen LogP contribution is -2.29. The van der Waals surface area contributed by atoms with Crippen molar-refractivity contribution in [1.29, 1.82) is 0 Å². The number of amides is 1. The third-order valence-electron chi connectivity index (χ3n) is 2.45. The second-order valence-corrected chi connectivity index (χ2v) is 3.77. The number of hydrogen-bond donors (Lipinski definition) is 3. The molecular formula is C9H12F2N4O. The minimum Gasteiger partial charge on any atom is -0.395 e. The van der Waals surface area contributed by atoms with Crippen LogP contribution in [0.1, 0.15) is 34.9 Å². The number of alkyl halides is 2. The van der Waals surface area contributed by atoms with Crippen LogP contribution in [0.25, 0.3) is 0 Å². The molecule has 0 bridgehead atoms. The Kier molecular flexibility index (Phi) is 2.76. The first-order valence-corrected chi connectivity index (χ1v) is 4.99. The zero-order valence-corrected chi connectivity index (χ0v) is 8.46. The summed E-state index contributed by atoms with van der Waals surface area (Å²) in [5.74, 6) is -0.329. The highest BCUT2D eigenvalue weighted by molar-refractivity contribution is 5.97. The number of hydrogen-bond acceptors (Lipinski definition) is 3. The van der Waals surface area contributed by atoms with Crippen LogP contribution in [0, 0.1) is 0 Å². The fourth-order valence-corrected chi connectivity index (χ4v) is 1.47. The molecule has 0 saturated heterocycles. The Morgan fingerprint density at radius 2 is 2.31 bits per heavy atom. The van der Waals surface area contributed by atoms with Gasteiger partial charge in [0.1, 0.15) is 0 Å². The first kappa shape index (κ1) is 10.8. The predicted molar refractivity (Wildman–Crippen MR) is 53.3 cm³/mol. The van der Waals surface area contributed by atoms with Crippen LogP contribution in [0.2, 0.25) is 0 Å². The van der Waals surface area contributed by atoms with Crippen molar-refractivity contribution < 1.29 is 13.6 Å². The smallest absolute Gasteiger partial charge is 0.274 e. The van der Waals surface area contributed by atoms with Gasteiger partial charge in [0.05, 0.1) is 17.9 Å². The molecule has 1 fully saturated rings. The van der Waals surface area contributed by atoms with Gasteiger partial charge in [-0.1, -0.05) is 0 Å². The first-order chi connectivity index (χ1) is 7.59. The van der Waals surface area contributed by atoms with Gasteiger partial charge in [-0.15, -0.1) is 0 Å². The van der Waals surface area contributed by atoms with Crippen LogP contribution in [-0.2, 0) is 0 Å². The molecule has 0 unspecified atom stereocenters. The summed E-state index contributed by atoms with van der Waals surface area (Å²) < 4.78 is 23.8. The van der Waals surface area contributed by atoms with Gasteiger partial charge in [-0.05, 0) is 12.8 Å². The molecule has 1 heterocycles. The van der Waals surface area contributed by atoms with Crippen molar-refractivity contribution in [3.8, 4) is 0 Å². The highest BCUT2D eigenvalue weighted by Crippen LogP contribution is 2.42. The molecule has 1 saturated carbocycles. The van der Waals surface area contributed by atoms with Crippen molar-refractivity contribution in [1.82, 2.24) is 15.5 Å². The molecule has 0 aromatic carbocycles. The summed E-state index contributed by atoms with van der Waals surface area (Å²) in [5.41, 5.74) is 6.72. The van der Waals surface area contributed by atoms with Crippen molar-refractivity contribution in [2.45, 2.75) is 25.2 Å². The molecule has 1 aliphatic rings. The predicted octanol–water partition coefficient (Wildman–Crippen LogP) is 0.864. The number of H-pyrrole nitrogens is 1. The summed E-state index contributed by atoms with van der Waals surface area (Å²) in [7, 11) is 0. The maximum atomic E-state index is 11.9.